The SMILES string of the molecule is O=C(NCc1cncs1)c1ccc(Cl)o1. The Morgan fingerprint density at radius 3 is 3.07 bits per heavy atom. The molecule has 0 bridgehead atoms. The molecule has 1 amide bonds. The van der Waals surface area contributed by atoms with E-state index in [1.807, 2.05) is 0 Å². The van der Waals surface area contributed by atoms with Crippen LogP contribution in [0.1, 0.15) is 15.4 Å². The van der Waals surface area contributed by atoms with Crippen LogP contribution >= 0.6 is 22.9 Å². The topological polar surface area (TPSA) is 55.1 Å². The first-order chi connectivity index (χ1) is 7.25. The number of carbonyl (C=O) groups excluding carboxylic acids is 1. The summed E-state index contributed by atoms with van der Waals surface area (Å²) < 4.78 is 4.96. The molecule has 0 fully saturated rings. The number of hydrogen-bond acceptors (Lipinski definition) is 4. The molecule has 0 spiro atoms. The van der Waals surface area contributed by atoms with Crippen LogP contribution in [0.4, 0.5) is 0 Å². The van der Waals surface area contributed by atoms with Crippen LogP contribution in [0.5, 0.6) is 0 Å². The first-order valence-corrected chi connectivity index (χ1v) is 5.42. The van der Waals surface area contributed by atoms with Gasteiger partial charge >= 0.3 is 0 Å². The van der Waals surface area contributed by atoms with Gasteiger partial charge in [0.15, 0.2) is 11.0 Å². The van der Waals surface area contributed by atoms with E-state index < -0.39 is 0 Å². The number of thiazole rings is 1. The van der Waals surface area contributed by atoms with E-state index in [9.17, 15) is 4.79 Å². The van der Waals surface area contributed by atoms with Gasteiger partial charge in [-0.25, -0.2) is 0 Å². The maximum Gasteiger partial charge on any atom is 0.287 e. The third kappa shape index (κ3) is 2.57. The summed E-state index contributed by atoms with van der Waals surface area (Å²) in [5, 5.41) is 2.90. The van der Waals surface area contributed by atoms with Crippen LogP contribution in [0.2, 0.25) is 5.22 Å². The highest BCUT2D eigenvalue weighted by atomic mass is 35.5. The van der Waals surface area contributed by atoms with E-state index in [0.717, 1.165) is 4.88 Å². The number of amides is 1. The van der Waals surface area contributed by atoms with Gasteiger partial charge in [-0.15, -0.1) is 11.3 Å². The summed E-state index contributed by atoms with van der Waals surface area (Å²) in [6.07, 6.45) is 1.71. The normalized spacial score (nSPS) is 10.2. The van der Waals surface area contributed by atoms with Crippen LogP contribution < -0.4 is 5.32 Å². The van der Waals surface area contributed by atoms with E-state index in [4.69, 9.17) is 16.0 Å². The monoisotopic (exact) mass is 242 g/mol. The summed E-state index contributed by atoms with van der Waals surface area (Å²) in [4.78, 5) is 16.4. The second-order valence-electron chi connectivity index (χ2n) is 2.75. The lowest BCUT2D eigenvalue weighted by molar-refractivity contribution is 0.0923. The zero-order valence-corrected chi connectivity index (χ0v) is 9.14. The molecule has 2 aromatic rings. The quantitative estimate of drug-likeness (QED) is 0.899. The van der Waals surface area contributed by atoms with Crippen LogP contribution in [0, 0.1) is 0 Å². The molecule has 0 atom stereocenters. The minimum Gasteiger partial charge on any atom is -0.440 e. The van der Waals surface area contributed by atoms with E-state index in [2.05, 4.69) is 10.3 Å². The van der Waals surface area contributed by atoms with Crippen molar-refractivity contribution in [3.05, 3.63) is 39.7 Å². The maximum atomic E-state index is 11.5. The van der Waals surface area contributed by atoms with Crippen LogP contribution in [-0.4, -0.2) is 10.9 Å². The fourth-order valence-corrected chi connectivity index (χ4v) is 1.70. The molecule has 4 nitrogen and oxygen atoms in total. The lowest BCUT2D eigenvalue weighted by atomic mass is 10.4. The fourth-order valence-electron chi connectivity index (χ4n) is 1.02. The third-order valence-electron chi connectivity index (χ3n) is 1.70. The highest BCUT2D eigenvalue weighted by Gasteiger charge is 2.09. The molecule has 0 aromatic carbocycles. The number of carbonyl (C=O) groups is 1. The number of hydrogen-bond donors (Lipinski definition) is 1. The van der Waals surface area contributed by atoms with Gasteiger partial charge in [0.1, 0.15) is 0 Å². The minimum absolute atomic E-state index is 0.206. The van der Waals surface area contributed by atoms with Crippen molar-refractivity contribution in [1.82, 2.24) is 10.3 Å². The molecule has 2 rings (SSSR count). The number of rotatable bonds is 3. The molecule has 0 saturated carbocycles. The van der Waals surface area contributed by atoms with Crippen molar-refractivity contribution in [2.75, 3.05) is 0 Å². The number of nitrogens with one attached hydrogen (secondary N) is 1. The Balaban J connectivity index is 1.93. The molecule has 2 aromatic heterocycles. The fraction of sp³-hybridized carbons (Fsp3) is 0.111. The predicted molar refractivity (Wildman–Crippen MR) is 57.0 cm³/mol. The van der Waals surface area contributed by atoms with Crippen molar-refractivity contribution in [1.29, 1.82) is 0 Å². The van der Waals surface area contributed by atoms with Crippen LogP contribution in [0.25, 0.3) is 0 Å². The number of nitrogens with zero attached hydrogens (tertiary/aromatic N) is 1. The van der Waals surface area contributed by atoms with Gasteiger partial charge in [0, 0.05) is 11.1 Å². The molecule has 0 aliphatic heterocycles. The van der Waals surface area contributed by atoms with Crippen molar-refractivity contribution in [3.63, 3.8) is 0 Å². The molecule has 0 aliphatic carbocycles. The van der Waals surface area contributed by atoms with Crippen molar-refractivity contribution >= 4 is 28.8 Å². The van der Waals surface area contributed by atoms with E-state index in [0.29, 0.717) is 6.54 Å². The lowest BCUT2D eigenvalue weighted by Gasteiger charge is -1.99. The second-order valence-corrected chi connectivity index (χ2v) is 4.10. The van der Waals surface area contributed by atoms with Crippen LogP contribution in [-0.2, 0) is 6.54 Å². The summed E-state index contributed by atoms with van der Waals surface area (Å²) in [5.41, 5.74) is 1.71. The number of halogens is 1. The summed E-state index contributed by atoms with van der Waals surface area (Å²) >= 11 is 7.03. The third-order valence-corrected chi connectivity index (χ3v) is 2.69. The van der Waals surface area contributed by atoms with Crippen molar-refractivity contribution in [3.8, 4) is 0 Å². The number of aromatic nitrogens is 1. The van der Waals surface area contributed by atoms with E-state index in [1.54, 1.807) is 11.7 Å². The van der Waals surface area contributed by atoms with Gasteiger partial charge in [-0.2, -0.15) is 0 Å². The van der Waals surface area contributed by atoms with Crippen LogP contribution in [0.3, 0.4) is 0 Å². The Labute approximate surface area is 94.9 Å². The van der Waals surface area contributed by atoms with Crippen molar-refractivity contribution in [2.45, 2.75) is 6.54 Å². The van der Waals surface area contributed by atoms with E-state index in [1.165, 1.54) is 23.5 Å². The van der Waals surface area contributed by atoms with Crippen molar-refractivity contribution in [2.24, 2.45) is 0 Å². The first-order valence-electron chi connectivity index (χ1n) is 4.16. The average Bonchev–Trinajstić information content (AvgIpc) is 2.84. The zero-order chi connectivity index (χ0) is 10.7. The maximum absolute atomic E-state index is 11.5. The second kappa shape index (κ2) is 4.46. The van der Waals surface area contributed by atoms with Gasteiger partial charge in [0.05, 0.1) is 12.1 Å². The zero-order valence-electron chi connectivity index (χ0n) is 7.57. The highest BCUT2D eigenvalue weighted by Crippen LogP contribution is 2.13. The van der Waals surface area contributed by atoms with Gasteiger partial charge in [-0.3, -0.25) is 9.78 Å². The average molecular weight is 243 g/mol. The molecular formula is C9H7ClN2O2S. The van der Waals surface area contributed by atoms with Crippen LogP contribution in [0.15, 0.2) is 28.3 Å². The smallest absolute Gasteiger partial charge is 0.287 e. The molecule has 2 heterocycles. The Kier molecular flexibility index (Phi) is 3.03. The van der Waals surface area contributed by atoms with Gasteiger partial charge in [-0.05, 0) is 23.7 Å². The predicted octanol–water partition coefficient (Wildman–Crippen LogP) is 2.32. The summed E-state index contributed by atoms with van der Waals surface area (Å²) in [7, 11) is 0. The summed E-state index contributed by atoms with van der Waals surface area (Å²) in [6.45, 7) is 0.446. The molecule has 78 valence electrons. The molecular weight excluding hydrogens is 236 g/mol. The molecule has 1 N–H and O–H groups in total. The molecule has 0 saturated heterocycles. The Bertz CT molecular complexity index is 452. The van der Waals surface area contributed by atoms with Gasteiger partial charge in [-0.1, -0.05) is 0 Å². The standard InChI is InChI=1S/C9H7ClN2O2S/c10-8-2-1-7(14-8)9(13)12-4-6-3-11-5-15-6/h1-3,5H,4H2,(H,12,13). The van der Waals surface area contributed by atoms with Crippen molar-refractivity contribution < 1.29 is 9.21 Å². The summed E-state index contributed by atoms with van der Waals surface area (Å²) in [5.74, 6) is -0.0696. The highest BCUT2D eigenvalue weighted by molar-refractivity contribution is 7.09. The molecule has 15 heavy (non-hydrogen) atoms. The Hall–Kier alpha value is -1.33. The molecule has 0 radical (unpaired) electrons. The van der Waals surface area contributed by atoms with E-state index in [-0.39, 0.29) is 16.9 Å². The van der Waals surface area contributed by atoms with Gasteiger partial charge in [0.25, 0.3) is 5.91 Å². The van der Waals surface area contributed by atoms with Gasteiger partial charge < -0.3 is 9.73 Å². The minimum atomic E-state index is -0.282. The number of furan rings is 1. The van der Waals surface area contributed by atoms with E-state index >= 15 is 0 Å². The molecule has 0 unspecified atom stereocenters. The summed E-state index contributed by atoms with van der Waals surface area (Å²) in [6, 6.07) is 3.06. The first kappa shape index (κ1) is 10.2. The largest absolute Gasteiger partial charge is 0.440 e. The molecule has 6 heteroatoms. The van der Waals surface area contributed by atoms with Gasteiger partial charge in [0.2, 0.25) is 0 Å². The Morgan fingerprint density at radius 1 is 1.60 bits per heavy atom. The Morgan fingerprint density at radius 2 is 2.47 bits per heavy atom. The molecule has 0 aliphatic rings. The lowest BCUT2D eigenvalue weighted by Crippen LogP contribution is -2.21.